The molecule has 1 aliphatic carbocycles. The van der Waals surface area contributed by atoms with Gasteiger partial charge in [-0.1, -0.05) is 72.3 Å². The van der Waals surface area contributed by atoms with E-state index in [-0.39, 0.29) is 24.3 Å². The summed E-state index contributed by atoms with van der Waals surface area (Å²) in [6.07, 6.45) is 4.83. The average Bonchev–Trinajstić information content (AvgIpc) is 3.43. The number of likely N-dealkylation sites (tertiary alicyclic amines) is 1. The third kappa shape index (κ3) is 4.65. The van der Waals surface area contributed by atoms with Crippen molar-refractivity contribution < 1.29 is 19.5 Å². The summed E-state index contributed by atoms with van der Waals surface area (Å²) in [6, 6.07) is 15.7. The Balaban J connectivity index is 1.51. The van der Waals surface area contributed by atoms with Gasteiger partial charge in [0.05, 0.1) is 30.7 Å². The SMILES string of the molecule is CN1CC(O)C(N2C(=O)c3ccccc3C(C(=O)NOCc3ccccc3)C2C2C=CC(Cl)=C2)C1. The Kier molecular flexibility index (Phi) is 6.75. The van der Waals surface area contributed by atoms with Crippen molar-refractivity contribution in [1.29, 1.82) is 0 Å². The molecule has 35 heavy (non-hydrogen) atoms. The number of β-amino-alcohol motifs (C(OH)–C–C–N with tert-alkyl or cyclic N) is 1. The first kappa shape index (κ1) is 23.8. The maximum atomic E-state index is 13.8. The summed E-state index contributed by atoms with van der Waals surface area (Å²) in [5.41, 5.74) is 4.66. The van der Waals surface area contributed by atoms with Gasteiger partial charge in [-0.25, -0.2) is 5.48 Å². The summed E-state index contributed by atoms with van der Waals surface area (Å²) in [7, 11) is 1.91. The van der Waals surface area contributed by atoms with Crippen LogP contribution in [0.25, 0.3) is 0 Å². The van der Waals surface area contributed by atoms with Crippen LogP contribution in [-0.4, -0.2) is 65.0 Å². The highest BCUT2D eigenvalue weighted by Gasteiger charge is 2.51. The number of aliphatic hydroxyl groups is 1. The number of halogens is 1. The fourth-order valence-electron chi connectivity index (χ4n) is 5.43. The van der Waals surface area contributed by atoms with E-state index in [1.807, 2.05) is 66.6 Å². The molecule has 2 N–H and O–H groups in total. The average molecular weight is 494 g/mol. The minimum Gasteiger partial charge on any atom is -0.390 e. The number of carbonyl (C=O) groups excluding carboxylic acids is 2. The zero-order valence-electron chi connectivity index (χ0n) is 19.4. The van der Waals surface area contributed by atoms with Gasteiger partial charge in [-0.3, -0.25) is 14.4 Å². The van der Waals surface area contributed by atoms with Gasteiger partial charge in [0.2, 0.25) is 0 Å². The fourth-order valence-corrected chi connectivity index (χ4v) is 5.64. The van der Waals surface area contributed by atoms with Crippen LogP contribution in [0.3, 0.4) is 0 Å². The lowest BCUT2D eigenvalue weighted by atomic mass is 9.76. The lowest BCUT2D eigenvalue weighted by molar-refractivity contribution is -0.138. The fraction of sp³-hybridized carbons (Fsp3) is 0.333. The maximum absolute atomic E-state index is 13.8. The molecule has 5 unspecified atom stereocenters. The molecule has 0 aromatic heterocycles. The quantitative estimate of drug-likeness (QED) is 0.605. The Morgan fingerprint density at radius 3 is 2.57 bits per heavy atom. The van der Waals surface area contributed by atoms with E-state index in [0.29, 0.717) is 29.2 Å². The Morgan fingerprint density at radius 2 is 1.89 bits per heavy atom. The molecular weight excluding hydrogens is 466 g/mol. The molecule has 1 fully saturated rings. The molecule has 5 atom stereocenters. The Bertz CT molecular complexity index is 1170. The molecule has 0 radical (unpaired) electrons. The second kappa shape index (κ2) is 9.95. The number of nitrogens with one attached hydrogen (secondary N) is 1. The summed E-state index contributed by atoms with van der Waals surface area (Å²) in [5.74, 6) is -1.54. The third-order valence-electron chi connectivity index (χ3n) is 6.98. The van der Waals surface area contributed by atoms with Crippen LogP contribution in [0.15, 0.2) is 77.9 Å². The van der Waals surface area contributed by atoms with Gasteiger partial charge < -0.3 is 14.9 Å². The number of hydrogen-bond donors (Lipinski definition) is 2. The van der Waals surface area contributed by atoms with Crippen molar-refractivity contribution in [2.75, 3.05) is 20.1 Å². The number of aliphatic hydroxyl groups excluding tert-OH is 1. The van der Waals surface area contributed by atoms with E-state index in [1.54, 1.807) is 23.1 Å². The standard InChI is InChI=1S/C27H28ClN3O4/c1-30-14-22(23(32)15-30)31-25(18-11-12-19(28)13-18)24(20-9-5-6-10-21(20)27(31)34)26(33)29-35-16-17-7-3-2-4-8-17/h2-13,18,22-25,32H,14-16H2,1H3,(H,29,33). The number of benzene rings is 2. The lowest BCUT2D eigenvalue weighted by Gasteiger charge is -2.46. The summed E-state index contributed by atoms with van der Waals surface area (Å²) in [6.45, 7) is 1.19. The number of carbonyl (C=O) groups is 2. The largest absolute Gasteiger partial charge is 0.390 e. The molecule has 7 nitrogen and oxygen atoms in total. The van der Waals surface area contributed by atoms with E-state index in [1.165, 1.54) is 0 Å². The van der Waals surface area contributed by atoms with E-state index in [2.05, 4.69) is 5.48 Å². The molecule has 2 heterocycles. The monoisotopic (exact) mass is 493 g/mol. The molecule has 5 rings (SSSR count). The summed E-state index contributed by atoms with van der Waals surface area (Å²) >= 11 is 6.29. The lowest BCUT2D eigenvalue weighted by Crippen LogP contribution is -2.60. The van der Waals surface area contributed by atoms with Crippen molar-refractivity contribution in [3.8, 4) is 0 Å². The van der Waals surface area contributed by atoms with E-state index >= 15 is 0 Å². The second-order valence-corrected chi connectivity index (χ2v) is 9.79. The Morgan fingerprint density at radius 1 is 1.14 bits per heavy atom. The summed E-state index contributed by atoms with van der Waals surface area (Å²) in [4.78, 5) is 36.8. The smallest absolute Gasteiger partial charge is 0.254 e. The maximum Gasteiger partial charge on any atom is 0.254 e. The summed E-state index contributed by atoms with van der Waals surface area (Å²) < 4.78 is 0. The van der Waals surface area contributed by atoms with E-state index < -0.39 is 24.1 Å². The molecule has 0 saturated carbocycles. The molecule has 2 aromatic rings. The minimum atomic E-state index is -0.723. The molecule has 0 bridgehead atoms. The summed E-state index contributed by atoms with van der Waals surface area (Å²) in [5, 5.41) is 11.4. The normalized spacial score (nSPS) is 28.2. The van der Waals surface area contributed by atoms with Gasteiger partial charge in [-0.2, -0.15) is 0 Å². The first-order valence-corrected chi connectivity index (χ1v) is 12.1. The first-order valence-electron chi connectivity index (χ1n) is 11.7. The molecule has 2 aromatic carbocycles. The molecular formula is C27H28ClN3O4. The molecule has 0 spiro atoms. The van der Waals surface area contributed by atoms with E-state index in [4.69, 9.17) is 16.4 Å². The van der Waals surface area contributed by atoms with Gasteiger partial charge in [-0.05, 0) is 30.3 Å². The molecule has 8 heteroatoms. The van der Waals surface area contributed by atoms with Crippen LogP contribution in [0.1, 0.15) is 27.4 Å². The van der Waals surface area contributed by atoms with Crippen molar-refractivity contribution in [3.63, 3.8) is 0 Å². The van der Waals surface area contributed by atoms with Crippen molar-refractivity contribution in [2.24, 2.45) is 5.92 Å². The number of allylic oxidation sites excluding steroid dienone is 2. The van der Waals surface area contributed by atoms with Crippen LogP contribution in [0.4, 0.5) is 0 Å². The molecule has 182 valence electrons. The number of rotatable bonds is 6. The van der Waals surface area contributed by atoms with Crippen LogP contribution < -0.4 is 5.48 Å². The van der Waals surface area contributed by atoms with E-state index in [9.17, 15) is 14.7 Å². The zero-order valence-corrected chi connectivity index (χ0v) is 20.1. The van der Waals surface area contributed by atoms with Gasteiger partial charge in [0.15, 0.2) is 0 Å². The van der Waals surface area contributed by atoms with Crippen molar-refractivity contribution >= 4 is 23.4 Å². The highest BCUT2D eigenvalue weighted by molar-refractivity contribution is 6.31. The first-order chi connectivity index (χ1) is 16.9. The number of nitrogens with zero attached hydrogens (tertiary/aromatic N) is 2. The topological polar surface area (TPSA) is 82.1 Å². The van der Waals surface area contributed by atoms with Gasteiger partial charge >= 0.3 is 0 Å². The van der Waals surface area contributed by atoms with Gasteiger partial charge in [0, 0.05) is 29.6 Å². The zero-order chi connectivity index (χ0) is 24.5. The number of hydrogen-bond acceptors (Lipinski definition) is 5. The predicted molar refractivity (Wildman–Crippen MR) is 132 cm³/mol. The van der Waals surface area contributed by atoms with Crippen molar-refractivity contribution in [3.05, 3.63) is 94.5 Å². The number of amides is 2. The number of likely N-dealkylation sites (N-methyl/N-ethyl adjacent to an activating group) is 1. The van der Waals surface area contributed by atoms with Crippen LogP contribution in [0, 0.1) is 5.92 Å². The molecule has 1 saturated heterocycles. The third-order valence-corrected chi connectivity index (χ3v) is 7.23. The molecule has 2 aliphatic heterocycles. The van der Waals surface area contributed by atoms with Gasteiger partial charge in [-0.15, -0.1) is 0 Å². The van der Waals surface area contributed by atoms with Crippen LogP contribution >= 0.6 is 11.6 Å². The van der Waals surface area contributed by atoms with Crippen LogP contribution in [0.5, 0.6) is 0 Å². The van der Waals surface area contributed by atoms with Gasteiger partial charge in [0.25, 0.3) is 11.8 Å². The van der Waals surface area contributed by atoms with Gasteiger partial charge in [0.1, 0.15) is 0 Å². The number of fused-ring (bicyclic) bond motifs is 1. The van der Waals surface area contributed by atoms with Crippen LogP contribution in [-0.2, 0) is 16.2 Å². The highest BCUT2D eigenvalue weighted by Crippen LogP contribution is 2.42. The van der Waals surface area contributed by atoms with Crippen molar-refractivity contribution in [2.45, 2.75) is 30.7 Å². The van der Waals surface area contributed by atoms with Crippen molar-refractivity contribution in [1.82, 2.24) is 15.3 Å². The predicted octanol–water partition coefficient (Wildman–Crippen LogP) is 2.83. The Hall–Kier alpha value is -2.97. The molecule has 2 amide bonds. The van der Waals surface area contributed by atoms with Crippen LogP contribution in [0.2, 0.25) is 0 Å². The Labute approximate surface area is 209 Å². The second-order valence-electron chi connectivity index (χ2n) is 9.35. The minimum absolute atomic E-state index is 0.191. The van der Waals surface area contributed by atoms with E-state index in [0.717, 1.165) is 5.56 Å². The molecule has 3 aliphatic rings. The highest BCUT2D eigenvalue weighted by atomic mass is 35.5. The number of hydroxylamine groups is 1.